The maximum Gasteiger partial charge on any atom is 0.0954 e. The van der Waals surface area contributed by atoms with E-state index in [1.165, 1.54) is 11.4 Å². The van der Waals surface area contributed by atoms with E-state index in [2.05, 4.69) is 30.3 Å². The highest BCUT2D eigenvalue weighted by molar-refractivity contribution is 5.20. The zero-order chi connectivity index (χ0) is 10.3. The Hall–Kier alpha value is -0.830. The van der Waals surface area contributed by atoms with Crippen LogP contribution in [0.1, 0.15) is 38.2 Å². The molecule has 0 saturated carbocycles. The van der Waals surface area contributed by atoms with Crippen LogP contribution in [-0.2, 0) is 12.8 Å². The van der Waals surface area contributed by atoms with E-state index in [0.717, 1.165) is 12.8 Å². The Morgan fingerprint density at radius 1 is 1.50 bits per heavy atom. The van der Waals surface area contributed by atoms with Crippen molar-refractivity contribution in [2.45, 2.75) is 45.7 Å². The second kappa shape index (κ2) is 3.39. The Kier molecular flexibility index (Phi) is 2.35. The monoisotopic (exact) mass is 193 g/mol. The Balaban J connectivity index is 2.35. The van der Waals surface area contributed by atoms with Gasteiger partial charge in [-0.15, -0.1) is 0 Å². The molecule has 1 aromatic rings. The van der Waals surface area contributed by atoms with Crippen LogP contribution in [0.15, 0.2) is 6.33 Å². The molecular weight excluding hydrogens is 174 g/mol. The van der Waals surface area contributed by atoms with Crippen LogP contribution in [-0.4, -0.2) is 15.6 Å². The molecule has 0 radical (unpaired) electrons. The Morgan fingerprint density at radius 2 is 2.21 bits per heavy atom. The first-order valence-electron chi connectivity index (χ1n) is 5.39. The number of aromatic nitrogens is 2. The van der Waals surface area contributed by atoms with E-state index in [9.17, 15) is 0 Å². The van der Waals surface area contributed by atoms with Gasteiger partial charge in [0, 0.05) is 24.2 Å². The molecule has 3 nitrogen and oxygen atoms in total. The van der Waals surface area contributed by atoms with E-state index in [1.54, 1.807) is 0 Å². The Bertz CT molecular complexity index is 327. The molecule has 1 aromatic heterocycles. The van der Waals surface area contributed by atoms with Crippen molar-refractivity contribution >= 4 is 0 Å². The molecule has 0 aliphatic heterocycles. The zero-order valence-electron chi connectivity index (χ0n) is 9.20. The highest BCUT2D eigenvalue weighted by Gasteiger charge is 2.26. The predicted molar refractivity (Wildman–Crippen MR) is 57.2 cm³/mol. The summed E-state index contributed by atoms with van der Waals surface area (Å²) in [5.74, 6) is 0.568. The van der Waals surface area contributed by atoms with E-state index in [1.807, 2.05) is 6.33 Å². The summed E-state index contributed by atoms with van der Waals surface area (Å²) in [6, 6.07) is 0.795. The second-order valence-electron chi connectivity index (χ2n) is 4.69. The fraction of sp³-hybridized carbons (Fsp3) is 0.727. The summed E-state index contributed by atoms with van der Waals surface area (Å²) in [7, 11) is 0. The van der Waals surface area contributed by atoms with Gasteiger partial charge in [0.2, 0.25) is 0 Å². The SMILES string of the molecule is CC1Cc2ncn(C(C)C)c2CC1N. The molecule has 1 aliphatic rings. The largest absolute Gasteiger partial charge is 0.332 e. The van der Waals surface area contributed by atoms with Gasteiger partial charge in [-0.25, -0.2) is 4.98 Å². The molecule has 2 rings (SSSR count). The molecule has 0 saturated heterocycles. The summed E-state index contributed by atoms with van der Waals surface area (Å²) in [6.07, 6.45) is 3.98. The number of nitrogens with zero attached hydrogens (tertiary/aromatic N) is 2. The van der Waals surface area contributed by atoms with E-state index >= 15 is 0 Å². The molecule has 14 heavy (non-hydrogen) atoms. The van der Waals surface area contributed by atoms with Gasteiger partial charge in [0.1, 0.15) is 0 Å². The van der Waals surface area contributed by atoms with E-state index < -0.39 is 0 Å². The normalized spacial score (nSPS) is 26.6. The van der Waals surface area contributed by atoms with Crippen LogP contribution in [0, 0.1) is 5.92 Å². The summed E-state index contributed by atoms with van der Waals surface area (Å²) < 4.78 is 2.25. The fourth-order valence-corrected chi connectivity index (χ4v) is 2.14. The molecule has 2 atom stereocenters. The van der Waals surface area contributed by atoms with E-state index in [4.69, 9.17) is 5.73 Å². The van der Waals surface area contributed by atoms with E-state index in [0.29, 0.717) is 18.0 Å². The molecule has 78 valence electrons. The summed E-state index contributed by atoms with van der Waals surface area (Å²) in [5, 5.41) is 0. The molecule has 1 aliphatic carbocycles. The summed E-state index contributed by atoms with van der Waals surface area (Å²) in [6.45, 7) is 6.58. The maximum absolute atomic E-state index is 6.08. The molecule has 2 N–H and O–H groups in total. The zero-order valence-corrected chi connectivity index (χ0v) is 9.20. The number of fused-ring (bicyclic) bond motifs is 1. The van der Waals surface area contributed by atoms with Crippen molar-refractivity contribution in [3.8, 4) is 0 Å². The van der Waals surface area contributed by atoms with Crippen molar-refractivity contribution < 1.29 is 0 Å². The molecule has 0 aromatic carbocycles. The summed E-state index contributed by atoms with van der Waals surface area (Å²) in [4.78, 5) is 4.47. The molecule has 0 spiro atoms. The average molecular weight is 193 g/mol. The molecular formula is C11H19N3. The van der Waals surface area contributed by atoms with Gasteiger partial charge in [-0.3, -0.25) is 0 Å². The third kappa shape index (κ3) is 1.46. The first-order chi connectivity index (χ1) is 6.59. The first kappa shape index (κ1) is 9.71. The van der Waals surface area contributed by atoms with Crippen LogP contribution in [0.4, 0.5) is 0 Å². The Morgan fingerprint density at radius 3 is 2.86 bits per heavy atom. The van der Waals surface area contributed by atoms with Gasteiger partial charge in [-0.05, 0) is 26.2 Å². The smallest absolute Gasteiger partial charge is 0.0954 e. The van der Waals surface area contributed by atoms with Gasteiger partial charge in [0.25, 0.3) is 0 Å². The lowest BCUT2D eigenvalue weighted by Gasteiger charge is -2.26. The molecule has 0 fully saturated rings. The van der Waals surface area contributed by atoms with Crippen LogP contribution in [0.25, 0.3) is 0 Å². The van der Waals surface area contributed by atoms with Crippen molar-refractivity contribution in [1.29, 1.82) is 0 Å². The van der Waals surface area contributed by atoms with Crippen molar-refractivity contribution in [3.63, 3.8) is 0 Å². The van der Waals surface area contributed by atoms with Gasteiger partial charge in [-0.2, -0.15) is 0 Å². The van der Waals surface area contributed by atoms with Gasteiger partial charge in [0.05, 0.1) is 12.0 Å². The standard InChI is InChI=1S/C11H19N3/c1-7(2)14-6-13-10-4-8(3)9(12)5-11(10)14/h6-9H,4-5,12H2,1-3H3. The Labute approximate surface area is 85.3 Å². The van der Waals surface area contributed by atoms with Crippen molar-refractivity contribution in [1.82, 2.24) is 9.55 Å². The lowest BCUT2D eigenvalue weighted by atomic mass is 9.87. The molecule has 1 heterocycles. The summed E-state index contributed by atoms with van der Waals surface area (Å²) in [5.41, 5.74) is 8.69. The second-order valence-corrected chi connectivity index (χ2v) is 4.69. The lowest BCUT2D eigenvalue weighted by Crippen LogP contribution is -2.36. The number of imidazole rings is 1. The number of nitrogens with two attached hydrogens (primary N) is 1. The molecule has 0 bridgehead atoms. The highest BCUT2D eigenvalue weighted by Crippen LogP contribution is 2.25. The number of hydrogen-bond donors (Lipinski definition) is 1. The number of hydrogen-bond acceptors (Lipinski definition) is 2. The number of rotatable bonds is 1. The third-order valence-electron chi connectivity index (χ3n) is 3.21. The lowest BCUT2D eigenvalue weighted by molar-refractivity contribution is 0.405. The van der Waals surface area contributed by atoms with Crippen molar-refractivity contribution in [2.75, 3.05) is 0 Å². The minimum atomic E-state index is 0.302. The van der Waals surface area contributed by atoms with Gasteiger partial charge < -0.3 is 10.3 Å². The minimum Gasteiger partial charge on any atom is -0.332 e. The van der Waals surface area contributed by atoms with Gasteiger partial charge in [-0.1, -0.05) is 6.92 Å². The van der Waals surface area contributed by atoms with Crippen LogP contribution in [0.2, 0.25) is 0 Å². The van der Waals surface area contributed by atoms with Crippen molar-refractivity contribution in [3.05, 3.63) is 17.7 Å². The van der Waals surface area contributed by atoms with Crippen LogP contribution < -0.4 is 5.73 Å². The molecule has 0 amide bonds. The van der Waals surface area contributed by atoms with E-state index in [-0.39, 0.29) is 0 Å². The van der Waals surface area contributed by atoms with Crippen LogP contribution in [0.3, 0.4) is 0 Å². The van der Waals surface area contributed by atoms with Crippen molar-refractivity contribution in [2.24, 2.45) is 11.7 Å². The minimum absolute atomic E-state index is 0.302. The maximum atomic E-state index is 6.08. The van der Waals surface area contributed by atoms with Gasteiger partial charge in [0.15, 0.2) is 0 Å². The van der Waals surface area contributed by atoms with Gasteiger partial charge >= 0.3 is 0 Å². The quantitative estimate of drug-likeness (QED) is 0.735. The summed E-state index contributed by atoms with van der Waals surface area (Å²) >= 11 is 0. The van der Waals surface area contributed by atoms with Crippen LogP contribution >= 0.6 is 0 Å². The third-order valence-corrected chi connectivity index (χ3v) is 3.21. The predicted octanol–water partition coefficient (Wildman–Crippen LogP) is 1.53. The van der Waals surface area contributed by atoms with Crippen LogP contribution in [0.5, 0.6) is 0 Å². The highest BCUT2D eigenvalue weighted by atomic mass is 15.1. The average Bonchev–Trinajstić information content (AvgIpc) is 2.48. The topological polar surface area (TPSA) is 43.8 Å². The fourth-order valence-electron chi connectivity index (χ4n) is 2.14. The first-order valence-corrected chi connectivity index (χ1v) is 5.39. The molecule has 3 heteroatoms. The molecule has 2 unspecified atom stereocenters.